The lowest BCUT2D eigenvalue weighted by atomic mass is 9.77. The van der Waals surface area contributed by atoms with Crippen LogP contribution in [0.1, 0.15) is 41.7 Å². The molecule has 53 heavy (non-hydrogen) atoms. The molecule has 0 amide bonds. The summed E-state index contributed by atoms with van der Waals surface area (Å²) in [4.78, 5) is 9.46. The van der Waals surface area contributed by atoms with E-state index in [-0.39, 0.29) is 5.41 Å². The lowest BCUT2D eigenvalue weighted by Gasteiger charge is -2.26. The van der Waals surface area contributed by atoms with Crippen molar-refractivity contribution in [1.82, 2.24) is 4.98 Å². The van der Waals surface area contributed by atoms with Crippen LogP contribution in [0, 0.1) is 5.41 Å². The van der Waals surface area contributed by atoms with Gasteiger partial charge in [0.25, 0.3) is 0 Å². The van der Waals surface area contributed by atoms with Crippen LogP contribution in [0.25, 0.3) is 60.6 Å². The molecule has 0 atom stereocenters. The molecule has 1 heterocycles. The summed E-state index contributed by atoms with van der Waals surface area (Å²) in [5, 5.41) is 13.9. The van der Waals surface area contributed by atoms with Gasteiger partial charge in [-0.3, -0.25) is 9.98 Å². The van der Waals surface area contributed by atoms with Gasteiger partial charge in [-0.25, -0.2) is 0 Å². The summed E-state index contributed by atoms with van der Waals surface area (Å²) in [6, 6.07) is 55.3. The molecule has 0 radical (unpaired) electrons. The Morgan fingerprint density at radius 2 is 1.23 bits per heavy atom. The van der Waals surface area contributed by atoms with Crippen molar-refractivity contribution in [2.75, 3.05) is 0 Å². The van der Waals surface area contributed by atoms with Gasteiger partial charge in [0.2, 0.25) is 0 Å². The minimum atomic E-state index is -0.184. The zero-order valence-corrected chi connectivity index (χ0v) is 29.7. The smallest absolute Gasteiger partial charge is 0.0723 e. The minimum absolute atomic E-state index is 0.184. The summed E-state index contributed by atoms with van der Waals surface area (Å²) in [7, 11) is 0. The van der Waals surface area contributed by atoms with E-state index in [1.54, 1.807) is 6.20 Å². The Labute approximate surface area is 310 Å². The zero-order valence-electron chi connectivity index (χ0n) is 29.7. The number of nitrogens with one attached hydrogen (secondary N) is 1. The second-order valence-electron chi connectivity index (χ2n) is 14.2. The van der Waals surface area contributed by atoms with Crippen molar-refractivity contribution in [3.8, 4) is 33.4 Å². The number of allylic oxidation sites excluding steroid dienone is 1. The first-order valence-electron chi connectivity index (χ1n) is 18.1. The summed E-state index contributed by atoms with van der Waals surface area (Å²) >= 11 is 0. The maximum atomic E-state index is 8.99. The molecule has 1 N–H and O–H groups in total. The first kappa shape index (κ1) is 32.2. The van der Waals surface area contributed by atoms with Crippen LogP contribution < -0.4 is 0 Å². The molecule has 0 saturated heterocycles. The number of aliphatic imine (C=N–C) groups is 1. The van der Waals surface area contributed by atoms with Crippen molar-refractivity contribution in [2.24, 2.45) is 4.99 Å². The summed E-state index contributed by atoms with van der Waals surface area (Å²) in [6.45, 7) is 4.75. The third kappa shape index (κ3) is 5.68. The summed E-state index contributed by atoms with van der Waals surface area (Å²) in [5.74, 6) is 0. The summed E-state index contributed by atoms with van der Waals surface area (Å²) < 4.78 is 0. The van der Waals surface area contributed by atoms with Gasteiger partial charge in [0.1, 0.15) is 0 Å². The second-order valence-corrected chi connectivity index (χ2v) is 14.2. The number of benzene rings is 7. The van der Waals surface area contributed by atoms with E-state index in [0.717, 1.165) is 33.2 Å². The number of nitrogens with zero attached hydrogens (tertiary/aromatic N) is 2. The molecule has 0 spiro atoms. The van der Waals surface area contributed by atoms with E-state index in [1.165, 1.54) is 49.5 Å². The Bertz CT molecular complexity index is 2760. The highest BCUT2D eigenvalue weighted by Gasteiger charge is 2.39. The summed E-state index contributed by atoms with van der Waals surface area (Å²) in [6.07, 6.45) is 7.47. The van der Waals surface area contributed by atoms with Crippen molar-refractivity contribution in [3.05, 3.63) is 204 Å². The van der Waals surface area contributed by atoms with Gasteiger partial charge < -0.3 is 5.41 Å². The lowest BCUT2D eigenvalue weighted by molar-refractivity contribution is 0.668. The van der Waals surface area contributed by atoms with E-state index >= 15 is 0 Å². The fraction of sp³-hybridized carbons (Fsp3) is 0.0600. The molecule has 1 aromatic heterocycles. The van der Waals surface area contributed by atoms with E-state index in [2.05, 4.69) is 134 Å². The Kier molecular flexibility index (Phi) is 7.97. The van der Waals surface area contributed by atoms with Crippen molar-refractivity contribution in [1.29, 1.82) is 5.41 Å². The van der Waals surface area contributed by atoms with Crippen molar-refractivity contribution < 1.29 is 0 Å². The Morgan fingerprint density at radius 1 is 0.566 bits per heavy atom. The Hall–Kier alpha value is -6.71. The molecule has 0 aliphatic heterocycles. The molecular weight excluding hydrogens is 643 g/mol. The fourth-order valence-corrected chi connectivity index (χ4v) is 8.20. The monoisotopic (exact) mass is 679 g/mol. The standard InChI is InChI=1S/C50H37N3/c1-50(2)48-40-20-7-6-13-33(40)24-27-45(48)44-23-11-22-43(49(44)50)42-26-25-38(39-19-8-9-21-41(39)42)32-53-47(30-46(51)34-14-4-3-5-15-34)36-17-10-16-35(29-36)37-18-12-28-52-31-37/h3-32,51H,1-2H3/b47-30-,51-46?,53-32?. The number of hydrogen-bond acceptors (Lipinski definition) is 3. The van der Waals surface area contributed by atoms with Gasteiger partial charge in [0.15, 0.2) is 0 Å². The molecule has 252 valence electrons. The van der Waals surface area contributed by atoms with Crippen LogP contribution in [0.5, 0.6) is 0 Å². The van der Waals surface area contributed by atoms with Crippen molar-refractivity contribution >= 4 is 39.2 Å². The first-order chi connectivity index (χ1) is 26.0. The molecule has 1 aliphatic carbocycles. The number of hydrogen-bond donors (Lipinski definition) is 1. The third-order valence-electron chi connectivity index (χ3n) is 10.6. The van der Waals surface area contributed by atoms with Crippen molar-refractivity contribution in [2.45, 2.75) is 19.3 Å². The normalized spacial score (nSPS) is 13.4. The van der Waals surface area contributed by atoms with Gasteiger partial charge in [-0.05, 0) is 84.3 Å². The van der Waals surface area contributed by atoms with Gasteiger partial charge in [0.05, 0.1) is 11.4 Å². The average Bonchev–Trinajstić information content (AvgIpc) is 3.46. The molecule has 0 saturated carbocycles. The van der Waals surface area contributed by atoms with E-state index in [9.17, 15) is 0 Å². The molecule has 3 heteroatoms. The summed E-state index contributed by atoms with van der Waals surface area (Å²) in [5.41, 5.74) is 13.7. The number of rotatable bonds is 7. The van der Waals surface area contributed by atoms with E-state index < -0.39 is 0 Å². The van der Waals surface area contributed by atoms with Gasteiger partial charge in [-0.1, -0.05) is 159 Å². The SMILES string of the molecule is CC1(C)c2c(cccc2-c2ccc(C=N/C(=C\C(=N)c3ccccc3)c3cccc(-c4cccnc4)c3)c3ccccc23)-c2ccc3ccccc3c21. The predicted octanol–water partition coefficient (Wildman–Crippen LogP) is 12.6. The van der Waals surface area contributed by atoms with Crippen LogP contribution in [0.3, 0.4) is 0 Å². The Morgan fingerprint density at radius 3 is 2.04 bits per heavy atom. The number of aromatic nitrogens is 1. The van der Waals surface area contributed by atoms with E-state index in [4.69, 9.17) is 10.4 Å². The van der Waals surface area contributed by atoms with Crippen molar-refractivity contribution in [3.63, 3.8) is 0 Å². The maximum absolute atomic E-state index is 8.99. The lowest BCUT2D eigenvalue weighted by Crippen LogP contribution is -2.17. The highest BCUT2D eigenvalue weighted by Crippen LogP contribution is 2.54. The molecule has 8 aromatic rings. The predicted molar refractivity (Wildman–Crippen MR) is 223 cm³/mol. The molecular formula is C50H37N3. The van der Waals surface area contributed by atoms with Gasteiger partial charge in [0, 0.05) is 40.7 Å². The zero-order chi connectivity index (χ0) is 35.9. The van der Waals surface area contributed by atoms with Crippen LogP contribution in [-0.4, -0.2) is 16.9 Å². The van der Waals surface area contributed by atoms with Gasteiger partial charge >= 0.3 is 0 Å². The van der Waals surface area contributed by atoms with E-state index in [0.29, 0.717) is 11.4 Å². The number of fused-ring (bicyclic) bond motifs is 6. The molecule has 0 unspecified atom stereocenters. The van der Waals surface area contributed by atoms with Gasteiger partial charge in [-0.2, -0.15) is 0 Å². The second kappa shape index (κ2) is 13.1. The molecule has 0 bridgehead atoms. The molecule has 7 aromatic carbocycles. The molecule has 3 nitrogen and oxygen atoms in total. The minimum Gasteiger partial charge on any atom is -0.300 e. The van der Waals surface area contributed by atoms with Crippen LogP contribution in [-0.2, 0) is 5.41 Å². The van der Waals surface area contributed by atoms with Crippen LogP contribution >= 0.6 is 0 Å². The van der Waals surface area contributed by atoms with Gasteiger partial charge in [-0.15, -0.1) is 0 Å². The number of pyridine rings is 1. The Balaban J connectivity index is 1.16. The third-order valence-corrected chi connectivity index (χ3v) is 10.6. The highest BCUT2D eigenvalue weighted by atomic mass is 14.7. The van der Waals surface area contributed by atoms with Crippen LogP contribution in [0.15, 0.2) is 181 Å². The average molecular weight is 680 g/mol. The topological polar surface area (TPSA) is 49.1 Å². The van der Waals surface area contributed by atoms with Crippen LogP contribution in [0.4, 0.5) is 0 Å². The quantitative estimate of drug-likeness (QED) is 0.167. The molecule has 9 rings (SSSR count). The first-order valence-corrected chi connectivity index (χ1v) is 18.1. The molecule has 0 fully saturated rings. The van der Waals surface area contributed by atoms with E-state index in [1.807, 2.05) is 61.0 Å². The van der Waals surface area contributed by atoms with Crippen LogP contribution in [0.2, 0.25) is 0 Å². The maximum Gasteiger partial charge on any atom is 0.0723 e. The molecule has 1 aliphatic rings. The largest absolute Gasteiger partial charge is 0.300 e. The fourth-order valence-electron chi connectivity index (χ4n) is 8.20. The highest BCUT2D eigenvalue weighted by molar-refractivity contribution is 6.12.